The van der Waals surface area contributed by atoms with Gasteiger partial charge in [-0.05, 0) is 61.2 Å². The zero-order chi connectivity index (χ0) is 25.9. The van der Waals surface area contributed by atoms with Crippen LogP contribution in [0.25, 0.3) is 5.76 Å². The molecule has 0 spiro atoms. The molecule has 1 atom stereocenters. The van der Waals surface area contributed by atoms with Crippen molar-refractivity contribution in [2.24, 2.45) is 0 Å². The summed E-state index contributed by atoms with van der Waals surface area (Å²) in [5, 5.41) is 11.2. The molecular formula is C29H37NO6. The molecule has 1 saturated heterocycles. The van der Waals surface area contributed by atoms with Crippen LogP contribution < -0.4 is 9.47 Å². The van der Waals surface area contributed by atoms with Crippen molar-refractivity contribution in [3.63, 3.8) is 0 Å². The minimum atomic E-state index is -0.725. The highest BCUT2D eigenvalue weighted by Gasteiger charge is 2.45. The smallest absolute Gasteiger partial charge is 0.295 e. The van der Waals surface area contributed by atoms with E-state index in [1.807, 2.05) is 31.2 Å². The summed E-state index contributed by atoms with van der Waals surface area (Å²) >= 11 is 0. The molecular weight excluding hydrogens is 458 g/mol. The number of ether oxygens (including phenoxy) is 3. The molecule has 7 nitrogen and oxygen atoms in total. The van der Waals surface area contributed by atoms with Crippen molar-refractivity contribution in [1.82, 2.24) is 4.90 Å². The second-order valence-electron chi connectivity index (χ2n) is 8.84. The molecule has 0 aliphatic carbocycles. The van der Waals surface area contributed by atoms with Crippen molar-refractivity contribution in [2.45, 2.75) is 52.0 Å². The Kier molecular flexibility index (Phi) is 10.4. The van der Waals surface area contributed by atoms with Crippen LogP contribution in [-0.4, -0.2) is 55.2 Å². The lowest BCUT2D eigenvalue weighted by Crippen LogP contribution is -2.31. The molecule has 1 fully saturated rings. The van der Waals surface area contributed by atoms with Crippen molar-refractivity contribution in [2.75, 3.05) is 33.5 Å². The molecule has 2 aromatic carbocycles. The SMILES string of the molecule is CCCCCOc1cccc(C2/C(=C(\O)c3ccc(OCCC)cc3)C(=O)C(=O)N2CCCOC)c1. The van der Waals surface area contributed by atoms with Crippen LogP contribution in [0.4, 0.5) is 0 Å². The number of nitrogens with zero attached hydrogens (tertiary/aromatic N) is 1. The van der Waals surface area contributed by atoms with Crippen molar-refractivity contribution in [3.05, 3.63) is 65.2 Å². The number of rotatable bonds is 14. The van der Waals surface area contributed by atoms with Gasteiger partial charge >= 0.3 is 0 Å². The maximum atomic E-state index is 13.2. The Morgan fingerprint density at radius 1 is 0.889 bits per heavy atom. The average Bonchev–Trinajstić information content (AvgIpc) is 3.15. The zero-order valence-corrected chi connectivity index (χ0v) is 21.5. The summed E-state index contributed by atoms with van der Waals surface area (Å²) in [5.41, 5.74) is 1.23. The van der Waals surface area contributed by atoms with Gasteiger partial charge in [0, 0.05) is 25.8 Å². The molecule has 1 aliphatic rings. The summed E-state index contributed by atoms with van der Waals surface area (Å²) < 4.78 is 16.7. The number of amides is 1. The van der Waals surface area contributed by atoms with E-state index in [4.69, 9.17) is 14.2 Å². The van der Waals surface area contributed by atoms with Crippen molar-refractivity contribution < 1.29 is 28.9 Å². The van der Waals surface area contributed by atoms with E-state index in [9.17, 15) is 14.7 Å². The van der Waals surface area contributed by atoms with Gasteiger partial charge < -0.3 is 24.2 Å². The van der Waals surface area contributed by atoms with E-state index in [-0.39, 0.29) is 11.3 Å². The summed E-state index contributed by atoms with van der Waals surface area (Å²) in [6, 6.07) is 13.6. The van der Waals surface area contributed by atoms with E-state index in [1.54, 1.807) is 31.4 Å². The van der Waals surface area contributed by atoms with Gasteiger partial charge in [-0.3, -0.25) is 9.59 Å². The highest BCUT2D eigenvalue weighted by Crippen LogP contribution is 2.40. The summed E-state index contributed by atoms with van der Waals surface area (Å²) in [6.07, 6.45) is 4.59. The summed E-state index contributed by atoms with van der Waals surface area (Å²) in [7, 11) is 1.60. The molecule has 1 N–H and O–H groups in total. The molecule has 1 aliphatic heterocycles. The number of aliphatic hydroxyl groups is 1. The first-order valence-electron chi connectivity index (χ1n) is 12.7. The maximum absolute atomic E-state index is 13.2. The number of ketones is 1. The van der Waals surface area contributed by atoms with Crippen molar-refractivity contribution in [1.29, 1.82) is 0 Å². The molecule has 1 amide bonds. The van der Waals surface area contributed by atoms with Crippen molar-refractivity contribution in [3.8, 4) is 11.5 Å². The standard InChI is InChI=1S/C29H37NO6/c1-4-6-7-19-36-24-11-8-10-22(20-24)26-25(28(32)29(33)30(26)16-9-18-34-3)27(31)21-12-14-23(15-13-21)35-17-5-2/h8,10-15,20,26,31H,4-7,9,16-19H2,1-3H3/b27-25+. The lowest BCUT2D eigenvalue weighted by molar-refractivity contribution is -0.140. The summed E-state index contributed by atoms with van der Waals surface area (Å²) in [6.45, 7) is 6.13. The van der Waals surface area contributed by atoms with E-state index in [2.05, 4.69) is 6.92 Å². The fourth-order valence-corrected chi connectivity index (χ4v) is 4.24. The molecule has 2 aromatic rings. The van der Waals surface area contributed by atoms with Gasteiger partial charge in [-0.2, -0.15) is 0 Å². The number of methoxy groups -OCH3 is 1. The van der Waals surface area contributed by atoms with Crippen molar-refractivity contribution >= 4 is 17.4 Å². The molecule has 0 aromatic heterocycles. The fourth-order valence-electron chi connectivity index (χ4n) is 4.24. The number of hydrogen-bond acceptors (Lipinski definition) is 6. The van der Waals surface area contributed by atoms with Crippen LogP contribution in [0.15, 0.2) is 54.1 Å². The molecule has 0 saturated carbocycles. The second-order valence-corrected chi connectivity index (χ2v) is 8.84. The van der Waals surface area contributed by atoms with Gasteiger partial charge in [0.05, 0.1) is 24.8 Å². The number of unbranched alkanes of at least 4 members (excludes halogenated alkanes) is 2. The normalized spacial score (nSPS) is 17.0. The van der Waals surface area contributed by atoms with E-state index in [0.29, 0.717) is 55.4 Å². The predicted molar refractivity (Wildman–Crippen MR) is 139 cm³/mol. The van der Waals surface area contributed by atoms with Gasteiger partial charge in [0.1, 0.15) is 17.3 Å². The quantitative estimate of drug-likeness (QED) is 0.161. The van der Waals surface area contributed by atoms with Gasteiger partial charge in [-0.25, -0.2) is 0 Å². The van der Waals surface area contributed by atoms with E-state index in [1.165, 1.54) is 4.90 Å². The van der Waals surface area contributed by atoms with Crippen LogP contribution in [0.5, 0.6) is 11.5 Å². The number of carbonyl (C=O) groups excluding carboxylic acids is 2. The molecule has 36 heavy (non-hydrogen) atoms. The number of hydrogen-bond donors (Lipinski definition) is 1. The van der Waals surface area contributed by atoms with Crippen LogP contribution in [0.1, 0.15) is 63.1 Å². The third-order valence-corrected chi connectivity index (χ3v) is 6.08. The maximum Gasteiger partial charge on any atom is 0.295 e. The predicted octanol–water partition coefficient (Wildman–Crippen LogP) is 5.50. The Bertz CT molecular complexity index is 1050. The average molecular weight is 496 g/mol. The van der Waals surface area contributed by atoms with Crippen LogP contribution in [0.3, 0.4) is 0 Å². The molecule has 3 rings (SSSR count). The van der Waals surface area contributed by atoms with Crippen LogP contribution >= 0.6 is 0 Å². The third kappa shape index (κ3) is 6.66. The van der Waals surface area contributed by atoms with Gasteiger partial charge in [0.15, 0.2) is 0 Å². The highest BCUT2D eigenvalue weighted by molar-refractivity contribution is 6.46. The number of likely N-dealkylation sites (tertiary alicyclic amines) is 1. The Morgan fingerprint density at radius 3 is 2.33 bits per heavy atom. The molecule has 1 heterocycles. The third-order valence-electron chi connectivity index (χ3n) is 6.08. The number of Topliss-reactive ketones (excluding diaryl/α,β-unsaturated/α-hetero) is 1. The van der Waals surface area contributed by atoms with Crippen LogP contribution in [0.2, 0.25) is 0 Å². The number of carbonyl (C=O) groups is 2. The van der Waals surface area contributed by atoms with Gasteiger partial charge in [0.25, 0.3) is 11.7 Å². The molecule has 194 valence electrons. The number of aliphatic hydroxyl groups excluding tert-OH is 1. The Morgan fingerprint density at radius 2 is 1.64 bits per heavy atom. The first kappa shape index (κ1) is 27.3. The second kappa shape index (κ2) is 13.7. The largest absolute Gasteiger partial charge is 0.507 e. The summed E-state index contributed by atoms with van der Waals surface area (Å²) in [5.74, 6) is -0.185. The Balaban J connectivity index is 1.98. The number of benzene rings is 2. The Labute approximate surface area is 213 Å². The van der Waals surface area contributed by atoms with E-state index in [0.717, 1.165) is 25.7 Å². The van der Waals surface area contributed by atoms with E-state index < -0.39 is 17.7 Å². The first-order chi connectivity index (χ1) is 17.5. The lowest BCUT2D eigenvalue weighted by Gasteiger charge is -2.25. The fraction of sp³-hybridized carbons (Fsp3) is 0.448. The van der Waals surface area contributed by atoms with Crippen LogP contribution in [-0.2, 0) is 14.3 Å². The monoisotopic (exact) mass is 495 g/mol. The van der Waals surface area contributed by atoms with Gasteiger partial charge in [-0.1, -0.05) is 38.8 Å². The summed E-state index contributed by atoms with van der Waals surface area (Å²) in [4.78, 5) is 27.8. The lowest BCUT2D eigenvalue weighted by atomic mass is 9.95. The topological polar surface area (TPSA) is 85.3 Å². The first-order valence-corrected chi connectivity index (χ1v) is 12.7. The molecule has 7 heteroatoms. The molecule has 0 bridgehead atoms. The van der Waals surface area contributed by atoms with Gasteiger partial charge in [-0.15, -0.1) is 0 Å². The Hall–Kier alpha value is -3.32. The molecule has 0 radical (unpaired) electrons. The van der Waals surface area contributed by atoms with E-state index >= 15 is 0 Å². The highest BCUT2D eigenvalue weighted by atomic mass is 16.5. The zero-order valence-electron chi connectivity index (χ0n) is 21.5. The van der Waals surface area contributed by atoms with Gasteiger partial charge in [0.2, 0.25) is 0 Å². The van der Waals surface area contributed by atoms with Crippen LogP contribution in [0, 0.1) is 0 Å². The minimum Gasteiger partial charge on any atom is -0.507 e. The minimum absolute atomic E-state index is 0.0720. The molecule has 1 unspecified atom stereocenters.